The summed E-state index contributed by atoms with van der Waals surface area (Å²) in [6.07, 6.45) is 1.74. The smallest absolute Gasteiger partial charge is 0.253 e. The Morgan fingerprint density at radius 3 is 2.73 bits per heavy atom. The zero-order valence-electron chi connectivity index (χ0n) is 12.6. The molecule has 122 valence electrons. The Hall–Kier alpha value is -1.67. The monoisotopic (exact) mass is 329 g/mol. The van der Waals surface area contributed by atoms with E-state index in [0.29, 0.717) is 19.6 Å². The van der Waals surface area contributed by atoms with E-state index < -0.39 is 15.8 Å². The Morgan fingerprint density at radius 2 is 2.18 bits per heavy atom. The molecule has 2 rings (SSSR count). The van der Waals surface area contributed by atoms with Gasteiger partial charge in [-0.1, -0.05) is 6.92 Å². The third kappa shape index (κ3) is 3.75. The molecule has 1 aliphatic rings. The van der Waals surface area contributed by atoms with Gasteiger partial charge in [-0.25, -0.2) is 12.8 Å². The molecule has 6 nitrogen and oxygen atoms in total. The summed E-state index contributed by atoms with van der Waals surface area (Å²) >= 11 is 0. The summed E-state index contributed by atoms with van der Waals surface area (Å²) in [6.45, 7) is 3.62. The van der Waals surface area contributed by atoms with Crippen LogP contribution in [0.25, 0.3) is 0 Å². The maximum absolute atomic E-state index is 13.6. The molecular weight excluding hydrogens is 309 g/mol. The number of amides is 1. The van der Waals surface area contributed by atoms with Crippen LogP contribution in [0.2, 0.25) is 0 Å². The van der Waals surface area contributed by atoms with E-state index in [2.05, 4.69) is 4.72 Å². The Morgan fingerprint density at radius 1 is 1.50 bits per heavy atom. The molecule has 0 radical (unpaired) electrons. The number of sulfonamides is 1. The highest BCUT2D eigenvalue weighted by atomic mass is 32.2. The second-order valence-corrected chi connectivity index (χ2v) is 7.81. The first-order valence-electron chi connectivity index (χ1n) is 6.90. The zero-order valence-corrected chi connectivity index (χ0v) is 13.4. The Balaban J connectivity index is 2.23. The van der Waals surface area contributed by atoms with Gasteiger partial charge in [-0.3, -0.25) is 9.52 Å². The predicted molar refractivity (Wildman–Crippen MR) is 82.5 cm³/mol. The van der Waals surface area contributed by atoms with Crippen LogP contribution in [0, 0.1) is 11.2 Å². The van der Waals surface area contributed by atoms with Crippen molar-refractivity contribution in [2.75, 3.05) is 30.6 Å². The van der Waals surface area contributed by atoms with Crippen molar-refractivity contribution < 1.29 is 17.6 Å². The highest BCUT2D eigenvalue weighted by Crippen LogP contribution is 2.30. The molecule has 0 spiro atoms. The maximum atomic E-state index is 13.6. The lowest BCUT2D eigenvalue weighted by Gasteiger charge is -2.22. The molecular formula is C14H20FN3O3S. The Labute approximate surface area is 129 Å². The van der Waals surface area contributed by atoms with Crippen LogP contribution in [0.5, 0.6) is 0 Å². The minimum atomic E-state index is -3.62. The van der Waals surface area contributed by atoms with Crippen molar-refractivity contribution in [3.8, 4) is 0 Å². The molecule has 1 atom stereocenters. The lowest BCUT2D eigenvalue weighted by molar-refractivity contribution is 0.0777. The fourth-order valence-corrected chi connectivity index (χ4v) is 3.04. The van der Waals surface area contributed by atoms with Crippen molar-refractivity contribution in [3.05, 3.63) is 29.6 Å². The largest absolute Gasteiger partial charge is 0.338 e. The van der Waals surface area contributed by atoms with Crippen molar-refractivity contribution in [1.82, 2.24) is 4.90 Å². The van der Waals surface area contributed by atoms with Crippen LogP contribution >= 0.6 is 0 Å². The van der Waals surface area contributed by atoms with Gasteiger partial charge in [0.05, 0.1) is 11.9 Å². The predicted octanol–water partition coefficient (Wildman–Crippen LogP) is 1.01. The van der Waals surface area contributed by atoms with E-state index in [0.717, 1.165) is 18.7 Å². The van der Waals surface area contributed by atoms with Gasteiger partial charge in [0.1, 0.15) is 5.82 Å². The first-order chi connectivity index (χ1) is 10.1. The minimum Gasteiger partial charge on any atom is -0.338 e. The van der Waals surface area contributed by atoms with Gasteiger partial charge in [0.25, 0.3) is 5.91 Å². The molecule has 0 aromatic heterocycles. The van der Waals surface area contributed by atoms with E-state index in [1.54, 1.807) is 4.90 Å². The number of rotatable bonds is 4. The number of likely N-dealkylation sites (tertiary alicyclic amines) is 1. The first-order valence-corrected chi connectivity index (χ1v) is 8.79. The van der Waals surface area contributed by atoms with Gasteiger partial charge in [0.2, 0.25) is 10.0 Å². The average molecular weight is 329 g/mol. The SMILES string of the molecule is CC1(CN)CCN(C(=O)c2ccc(F)c(NS(C)(=O)=O)c2)C1. The van der Waals surface area contributed by atoms with Crippen molar-refractivity contribution in [1.29, 1.82) is 0 Å². The van der Waals surface area contributed by atoms with Crippen LogP contribution in [-0.2, 0) is 10.0 Å². The number of nitrogens with one attached hydrogen (secondary N) is 1. The van der Waals surface area contributed by atoms with Crippen LogP contribution in [0.3, 0.4) is 0 Å². The van der Waals surface area contributed by atoms with Gasteiger partial charge >= 0.3 is 0 Å². The molecule has 0 bridgehead atoms. The highest BCUT2D eigenvalue weighted by Gasteiger charge is 2.35. The molecule has 8 heteroatoms. The van der Waals surface area contributed by atoms with E-state index in [-0.39, 0.29) is 22.6 Å². The van der Waals surface area contributed by atoms with Crippen molar-refractivity contribution >= 4 is 21.6 Å². The summed E-state index contributed by atoms with van der Waals surface area (Å²) in [7, 11) is -3.62. The molecule has 1 fully saturated rings. The van der Waals surface area contributed by atoms with Crippen molar-refractivity contribution in [2.24, 2.45) is 11.1 Å². The second-order valence-electron chi connectivity index (χ2n) is 6.06. The standard InChI is InChI=1S/C14H20FN3O3S/c1-14(8-16)5-6-18(9-14)13(19)10-3-4-11(15)12(7-10)17-22(2,20)21/h3-4,7,17H,5-6,8-9,16H2,1-2H3. The van der Waals surface area contributed by atoms with Gasteiger partial charge in [0.15, 0.2) is 0 Å². The van der Waals surface area contributed by atoms with Crippen LogP contribution in [0.4, 0.5) is 10.1 Å². The zero-order chi connectivity index (χ0) is 16.5. The van der Waals surface area contributed by atoms with E-state index in [1.165, 1.54) is 12.1 Å². The third-order valence-electron chi connectivity index (χ3n) is 3.85. The number of halogens is 1. The van der Waals surface area contributed by atoms with Crippen LogP contribution in [-0.4, -0.2) is 45.1 Å². The molecule has 1 aromatic rings. The van der Waals surface area contributed by atoms with Crippen LogP contribution in [0.15, 0.2) is 18.2 Å². The lowest BCUT2D eigenvalue weighted by Crippen LogP contribution is -2.34. The lowest BCUT2D eigenvalue weighted by atomic mass is 9.90. The van der Waals surface area contributed by atoms with Crippen molar-refractivity contribution in [3.63, 3.8) is 0 Å². The summed E-state index contributed by atoms with van der Waals surface area (Å²) < 4.78 is 38.2. The molecule has 0 saturated carbocycles. The van der Waals surface area contributed by atoms with Crippen molar-refractivity contribution in [2.45, 2.75) is 13.3 Å². The molecule has 1 aromatic carbocycles. The van der Waals surface area contributed by atoms with Crippen LogP contribution < -0.4 is 10.5 Å². The van der Waals surface area contributed by atoms with E-state index in [1.807, 2.05) is 6.92 Å². The van der Waals surface area contributed by atoms with Gasteiger partial charge in [-0.05, 0) is 36.6 Å². The highest BCUT2D eigenvalue weighted by molar-refractivity contribution is 7.92. The maximum Gasteiger partial charge on any atom is 0.253 e. The second kappa shape index (κ2) is 5.85. The molecule has 1 unspecified atom stereocenters. The number of carbonyl (C=O) groups excluding carboxylic acids is 1. The van der Waals surface area contributed by atoms with Gasteiger partial charge in [-0.2, -0.15) is 0 Å². The van der Waals surface area contributed by atoms with E-state index >= 15 is 0 Å². The summed E-state index contributed by atoms with van der Waals surface area (Å²) in [4.78, 5) is 14.1. The fourth-order valence-electron chi connectivity index (χ4n) is 2.48. The molecule has 1 saturated heterocycles. The molecule has 1 aliphatic heterocycles. The molecule has 22 heavy (non-hydrogen) atoms. The Kier molecular flexibility index (Phi) is 4.44. The fraction of sp³-hybridized carbons (Fsp3) is 0.500. The van der Waals surface area contributed by atoms with E-state index in [9.17, 15) is 17.6 Å². The van der Waals surface area contributed by atoms with E-state index in [4.69, 9.17) is 5.73 Å². The average Bonchev–Trinajstić information content (AvgIpc) is 2.82. The van der Waals surface area contributed by atoms with Gasteiger partial charge < -0.3 is 10.6 Å². The quantitative estimate of drug-likeness (QED) is 0.862. The molecule has 3 N–H and O–H groups in total. The summed E-state index contributed by atoms with van der Waals surface area (Å²) in [5, 5.41) is 0. The number of hydrogen-bond acceptors (Lipinski definition) is 4. The van der Waals surface area contributed by atoms with Gasteiger partial charge in [-0.15, -0.1) is 0 Å². The first kappa shape index (κ1) is 16.7. The molecule has 1 amide bonds. The number of carbonyl (C=O) groups is 1. The van der Waals surface area contributed by atoms with Crippen LogP contribution in [0.1, 0.15) is 23.7 Å². The minimum absolute atomic E-state index is 0.108. The Bertz CT molecular complexity index is 693. The number of nitrogens with two attached hydrogens (primary N) is 1. The summed E-state index contributed by atoms with van der Waals surface area (Å²) in [6, 6.07) is 3.65. The van der Waals surface area contributed by atoms with Gasteiger partial charge in [0, 0.05) is 18.7 Å². The topological polar surface area (TPSA) is 92.5 Å². The molecule has 0 aliphatic carbocycles. The third-order valence-corrected chi connectivity index (χ3v) is 4.44. The number of hydrogen-bond donors (Lipinski definition) is 2. The summed E-state index contributed by atoms with van der Waals surface area (Å²) in [5.74, 6) is -0.982. The number of nitrogens with zero attached hydrogens (tertiary/aromatic N) is 1. The number of anilines is 1. The molecule has 1 heterocycles. The normalized spacial score (nSPS) is 21.9. The number of benzene rings is 1. The summed E-state index contributed by atoms with van der Waals surface area (Å²) in [5.41, 5.74) is 5.63.